The van der Waals surface area contributed by atoms with E-state index < -0.39 is 0 Å². The molecule has 0 radical (unpaired) electrons. The second kappa shape index (κ2) is 8.19. The van der Waals surface area contributed by atoms with E-state index in [4.69, 9.17) is 9.47 Å². The number of fused-ring (bicyclic) bond motifs is 1. The van der Waals surface area contributed by atoms with Crippen molar-refractivity contribution >= 4 is 18.3 Å². The quantitative estimate of drug-likeness (QED) is 0.813. The normalized spacial score (nSPS) is 26.1. The molecule has 1 aromatic carbocycles. The van der Waals surface area contributed by atoms with Crippen LogP contribution in [0.5, 0.6) is 5.75 Å². The summed E-state index contributed by atoms with van der Waals surface area (Å²) in [5.41, 5.74) is 1.31. The van der Waals surface area contributed by atoms with E-state index in [1.165, 1.54) is 5.56 Å². The van der Waals surface area contributed by atoms with Gasteiger partial charge in [0.05, 0.1) is 7.11 Å². The van der Waals surface area contributed by atoms with Crippen LogP contribution in [0.25, 0.3) is 0 Å². The number of ether oxygens (including phenoxy) is 2. The van der Waals surface area contributed by atoms with Crippen LogP contribution in [0.4, 0.5) is 0 Å². The average Bonchev–Trinajstić information content (AvgIpc) is 3.09. The molecule has 0 N–H and O–H groups in total. The number of hydrogen-bond acceptors (Lipinski definition) is 4. The van der Waals surface area contributed by atoms with Crippen molar-refractivity contribution < 1.29 is 14.3 Å². The number of likely N-dealkylation sites (tertiary alicyclic amines) is 2. The van der Waals surface area contributed by atoms with E-state index >= 15 is 0 Å². The fourth-order valence-electron chi connectivity index (χ4n) is 4.04. The molecule has 134 valence electrons. The third-order valence-corrected chi connectivity index (χ3v) is 5.13. The van der Waals surface area contributed by atoms with Gasteiger partial charge in [-0.3, -0.25) is 9.69 Å². The highest BCUT2D eigenvalue weighted by Crippen LogP contribution is 2.44. The fourth-order valence-corrected chi connectivity index (χ4v) is 4.04. The Labute approximate surface area is 150 Å². The summed E-state index contributed by atoms with van der Waals surface area (Å²) in [6.45, 7) is 5.44. The smallest absolute Gasteiger partial charge is 0.248 e. The Morgan fingerprint density at radius 2 is 1.92 bits per heavy atom. The molecular weight excluding hydrogens is 328 g/mol. The van der Waals surface area contributed by atoms with Crippen LogP contribution in [-0.4, -0.2) is 62.7 Å². The first-order valence-electron chi connectivity index (χ1n) is 8.33. The van der Waals surface area contributed by atoms with E-state index in [-0.39, 0.29) is 24.9 Å². The topological polar surface area (TPSA) is 42.0 Å². The summed E-state index contributed by atoms with van der Waals surface area (Å²) >= 11 is 0. The highest BCUT2D eigenvalue weighted by atomic mass is 35.5. The lowest BCUT2D eigenvalue weighted by atomic mass is 9.89. The Balaban J connectivity index is 0.00000208. The number of benzene rings is 1. The molecule has 5 nitrogen and oxygen atoms in total. The molecule has 2 aliphatic rings. The molecule has 0 saturated carbocycles. The van der Waals surface area contributed by atoms with Crippen LogP contribution in [0.1, 0.15) is 18.5 Å². The van der Waals surface area contributed by atoms with Gasteiger partial charge < -0.3 is 14.4 Å². The first-order valence-corrected chi connectivity index (χ1v) is 8.33. The zero-order chi connectivity index (χ0) is 16.4. The lowest BCUT2D eigenvalue weighted by Crippen LogP contribution is -2.35. The van der Waals surface area contributed by atoms with Crippen molar-refractivity contribution in [2.75, 3.05) is 47.0 Å². The molecule has 1 amide bonds. The van der Waals surface area contributed by atoms with Crippen LogP contribution >= 0.6 is 12.4 Å². The minimum absolute atomic E-state index is 0. The van der Waals surface area contributed by atoms with Crippen molar-refractivity contribution in [3.8, 4) is 5.75 Å². The van der Waals surface area contributed by atoms with E-state index in [0.29, 0.717) is 24.5 Å². The third kappa shape index (κ3) is 3.68. The summed E-state index contributed by atoms with van der Waals surface area (Å²) < 4.78 is 10.5. The molecule has 1 aromatic rings. The Kier molecular flexibility index (Phi) is 6.49. The molecule has 6 heteroatoms. The van der Waals surface area contributed by atoms with Crippen LogP contribution in [0.15, 0.2) is 24.3 Å². The number of methoxy groups -OCH3 is 1. The van der Waals surface area contributed by atoms with Crippen molar-refractivity contribution in [3.05, 3.63) is 29.8 Å². The lowest BCUT2D eigenvalue weighted by Gasteiger charge is -2.27. The Morgan fingerprint density at radius 3 is 2.54 bits per heavy atom. The van der Waals surface area contributed by atoms with Crippen molar-refractivity contribution in [3.63, 3.8) is 0 Å². The first kappa shape index (κ1) is 19.0. The van der Waals surface area contributed by atoms with Gasteiger partial charge in [-0.1, -0.05) is 12.1 Å². The Bertz CT molecular complexity index is 552. The van der Waals surface area contributed by atoms with Gasteiger partial charge in [0.15, 0.2) is 0 Å². The maximum absolute atomic E-state index is 12.2. The van der Waals surface area contributed by atoms with Crippen LogP contribution in [-0.2, 0) is 9.53 Å². The van der Waals surface area contributed by atoms with Gasteiger partial charge >= 0.3 is 0 Å². The molecule has 0 spiro atoms. The molecule has 0 unspecified atom stereocenters. The zero-order valence-corrected chi connectivity index (χ0v) is 15.4. The highest BCUT2D eigenvalue weighted by Gasteiger charge is 2.47. The van der Waals surface area contributed by atoms with E-state index in [0.717, 1.165) is 25.4 Å². The predicted molar refractivity (Wildman–Crippen MR) is 95.7 cm³/mol. The van der Waals surface area contributed by atoms with Gasteiger partial charge in [-0.15, -0.1) is 12.4 Å². The lowest BCUT2D eigenvalue weighted by molar-refractivity contribution is -0.135. The molecule has 24 heavy (non-hydrogen) atoms. The van der Waals surface area contributed by atoms with Gasteiger partial charge in [-0.25, -0.2) is 0 Å². The molecule has 3 atom stereocenters. The molecule has 2 saturated heterocycles. The molecule has 2 aliphatic heterocycles. The highest BCUT2D eigenvalue weighted by molar-refractivity contribution is 5.85. The van der Waals surface area contributed by atoms with Crippen LogP contribution in [0, 0.1) is 11.8 Å². The standard InChI is InChI=1S/C18H26N2O3.ClH/c1-4-23-12-17(21)20-10-14-9-19(2)18(16(14)11-20)13-5-7-15(22-3)8-6-13;/h5-8,14,16,18H,4,9-12H2,1-3H3;1H/t14-,16+,18-;/m0./s1. The molecule has 0 aromatic heterocycles. The fraction of sp³-hybridized carbons (Fsp3) is 0.611. The van der Waals surface area contributed by atoms with Crippen molar-refractivity contribution in [1.29, 1.82) is 0 Å². The van der Waals surface area contributed by atoms with E-state index in [2.05, 4.69) is 24.1 Å². The van der Waals surface area contributed by atoms with Crippen LogP contribution < -0.4 is 4.74 Å². The summed E-state index contributed by atoms with van der Waals surface area (Å²) in [6.07, 6.45) is 0. The van der Waals surface area contributed by atoms with Gasteiger partial charge in [-0.2, -0.15) is 0 Å². The summed E-state index contributed by atoms with van der Waals surface area (Å²) in [5.74, 6) is 2.06. The SMILES string of the molecule is CCOCC(=O)N1C[C@@H]2CN(C)[C@@H](c3ccc(OC)cc3)[C@@H]2C1.Cl. The van der Waals surface area contributed by atoms with Gasteiger partial charge in [-0.05, 0) is 37.6 Å². The Hall–Kier alpha value is -1.30. The average molecular weight is 355 g/mol. The summed E-state index contributed by atoms with van der Waals surface area (Å²) in [5, 5.41) is 0. The largest absolute Gasteiger partial charge is 0.497 e. The van der Waals surface area contributed by atoms with Crippen LogP contribution in [0.3, 0.4) is 0 Å². The van der Waals surface area contributed by atoms with Gasteiger partial charge in [0.2, 0.25) is 5.91 Å². The first-order chi connectivity index (χ1) is 11.1. The Morgan fingerprint density at radius 1 is 1.21 bits per heavy atom. The monoisotopic (exact) mass is 354 g/mol. The maximum Gasteiger partial charge on any atom is 0.248 e. The number of halogens is 1. The molecule has 3 rings (SSSR count). The molecule has 0 aliphatic carbocycles. The summed E-state index contributed by atoms with van der Waals surface area (Å²) in [4.78, 5) is 16.6. The third-order valence-electron chi connectivity index (χ3n) is 5.13. The second-order valence-corrected chi connectivity index (χ2v) is 6.52. The predicted octanol–water partition coefficient (Wildman–Crippen LogP) is 2.21. The van der Waals surface area contributed by atoms with Gasteiger partial charge in [0, 0.05) is 38.2 Å². The molecular formula is C18H27ClN2O3. The number of rotatable bonds is 5. The number of amides is 1. The summed E-state index contributed by atoms with van der Waals surface area (Å²) in [6, 6.07) is 8.70. The van der Waals surface area contributed by atoms with Gasteiger partial charge in [0.25, 0.3) is 0 Å². The summed E-state index contributed by atoms with van der Waals surface area (Å²) in [7, 11) is 3.87. The minimum Gasteiger partial charge on any atom is -0.497 e. The number of nitrogens with zero attached hydrogens (tertiary/aromatic N) is 2. The van der Waals surface area contributed by atoms with Crippen molar-refractivity contribution in [2.24, 2.45) is 11.8 Å². The maximum atomic E-state index is 12.2. The van der Waals surface area contributed by atoms with E-state index in [1.807, 2.05) is 24.0 Å². The van der Waals surface area contributed by atoms with E-state index in [1.54, 1.807) is 7.11 Å². The van der Waals surface area contributed by atoms with E-state index in [9.17, 15) is 4.79 Å². The van der Waals surface area contributed by atoms with Crippen molar-refractivity contribution in [2.45, 2.75) is 13.0 Å². The number of carbonyl (C=O) groups excluding carboxylic acids is 1. The zero-order valence-electron chi connectivity index (χ0n) is 14.6. The number of carbonyl (C=O) groups is 1. The minimum atomic E-state index is 0. The molecule has 2 heterocycles. The number of hydrogen-bond donors (Lipinski definition) is 0. The molecule has 2 fully saturated rings. The van der Waals surface area contributed by atoms with Crippen LogP contribution in [0.2, 0.25) is 0 Å². The second-order valence-electron chi connectivity index (χ2n) is 6.52. The van der Waals surface area contributed by atoms with Crippen molar-refractivity contribution in [1.82, 2.24) is 9.80 Å². The molecule has 0 bridgehead atoms. The van der Waals surface area contributed by atoms with Gasteiger partial charge in [0.1, 0.15) is 12.4 Å².